The Kier molecular flexibility index (Phi) is 8.22. The van der Waals surface area contributed by atoms with Gasteiger partial charge in [0.15, 0.2) is 11.5 Å². The Balaban J connectivity index is 1.69. The van der Waals surface area contributed by atoms with Gasteiger partial charge >= 0.3 is 0 Å². The van der Waals surface area contributed by atoms with Crippen LogP contribution in [0.3, 0.4) is 0 Å². The lowest BCUT2D eigenvalue weighted by molar-refractivity contribution is 0.0494. The van der Waals surface area contributed by atoms with Crippen molar-refractivity contribution in [3.05, 3.63) is 52.5 Å². The molecule has 0 aliphatic carbocycles. The highest BCUT2D eigenvalue weighted by Gasteiger charge is 2.27. The highest BCUT2D eigenvalue weighted by atomic mass is 35.5. The molecule has 0 radical (unpaired) electrons. The van der Waals surface area contributed by atoms with E-state index in [1.54, 1.807) is 6.07 Å². The van der Waals surface area contributed by atoms with Crippen LogP contribution in [0.5, 0.6) is 17.2 Å². The summed E-state index contributed by atoms with van der Waals surface area (Å²) in [5.41, 5.74) is 2.17. The van der Waals surface area contributed by atoms with Crippen LogP contribution in [0.15, 0.2) is 36.4 Å². The van der Waals surface area contributed by atoms with Crippen LogP contribution in [0.25, 0.3) is 0 Å². The molecule has 3 rings (SSSR count). The lowest BCUT2D eigenvalue weighted by Crippen LogP contribution is -2.52. The average Bonchev–Trinajstić information content (AvgIpc) is 2.74. The fraction of sp³-hybridized carbons (Fsp3) is 0.478. The van der Waals surface area contributed by atoms with Gasteiger partial charge in [0.2, 0.25) is 0 Å². The SMILES string of the molecule is CCOc1ccccc1CN1CCN(Cc2cc(Cl)c(O)c(OC)c2)CC1CCO. The quantitative estimate of drug-likeness (QED) is 0.629. The number of halogens is 1. The summed E-state index contributed by atoms with van der Waals surface area (Å²) in [5, 5.41) is 19.9. The van der Waals surface area contributed by atoms with Crippen molar-refractivity contribution >= 4 is 11.6 Å². The van der Waals surface area contributed by atoms with E-state index >= 15 is 0 Å². The number of rotatable bonds is 9. The molecular weight excluding hydrogens is 404 g/mol. The first-order valence-electron chi connectivity index (χ1n) is 10.4. The van der Waals surface area contributed by atoms with E-state index in [0.717, 1.165) is 37.5 Å². The van der Waals surface area contributed by atoms with Crippen LogP contribution in [-0.4, -0.2) is 66.0 Å². The Morgan fingerprint density at radius 2 is 1.93 bits per heavy atom. The molecule has 2 aromatic rings. The molecule has 7 heteroatoms. The molecule has 1 aliphatic heterocycles. The van der Waals surface area contributed by atoms with Gasteiger partial charge in [0.25, 0.3) is 0 Å². The minimum Gasteiger partial charge on any atom is -0.503 e. The van der Waals surface area contributed by atoms with Gasteiger partial charge < -0.3 is 19.7 Å². The first kappa shape index (κ1) is 22.7. The summed E-state index contributed by atoms with van der Waals surface area (Å²) >= 11 is 6.15. The second kappa shape index (κ2) is 10.9. The number of piperazine rings is 1. The third-order valence-electron chi connectivity index (χ3n) is 5.51. The number of methoxy groups -OCH3 is 1. The predicted octanol–water partition coefficient (Wildman–Crippen LogP) is 3.52. The lowest BCUT2D eigenvalue weighted by atomic mass is 10.1. The molecular formula is C23H31ClN2O4. The van der Waals surface area contributed by atoms with Crippen molar-refractivity contribution in [2.45, 2.75) is 32.5 Å². The highest BCUT2D eigenvalue weighted by Crippen LogP contribution is 2.35. The molecule has 0 saturated carbocycles. The van der Waals surface area contributed by atoms with E-state index in [1.807, 2.05) is 31.2 Å². The maximum atomic E-state index is 9.96. The number of nitrogens with zero attached hydrogens (tertiary/aromatic N) is 2. The van der Waals surface area contributed by atoms with E-state index in [0.29, 0.717) is 30.3 Å². The topological polar surface area (TPSA) is 65.4 Å². The Morgan fingerprint density at radius 1 is 1.13 bits per heavy atom. The Labute approximate surface area is 183 Å². The van der Waals surface area contributed by atoms with Crippen LogP contribution in [0.1, 0.15) is 24.5 Å². The lowest BCUT2D eigenvalue weighted by Gasteiger charge is -2.41. The summed E-state index contributed by atoms with van der Waals surface area (Å²) in [6.45, 7) is 6.94. The number of phenolic OH excluding ortho intramolecular Hbond substituents is 1. The Bertz CT molecular complexity index is 833. The van der Waals surface area contributed by atoms with Gasteiger partial charge in [-0.25, -0.2) is 0 Å². The average molecular weight is 435 g/mol. The number of aliphatic hydroxyl groups excluding tert-OH is 1. The van der Waals surface area contributed by atoms with E-state index in [2.05, 4.69) is 15.9 Å². The smallest absolute Gasteiger partial charge is 0.176 e. The van der Waals surface area contributed by atoms with Gasteiger partial charge in [-0.2, -0.15) is 0 Å². The van der Waals surface area contributed by atoms with Gasteiger partial charge in [0.1, 0.15) is 5.75 Å². The van der Waals surface area contributed by atoms with Crippen molar-refractivity contribution in [2.75, 3.05) is 40.0 Å². The molecule has 0 amide bonds. The van der Waals surface area contributed by atoms with Gasteiger partial charge in [-0.15, -0.1) is 0 Å². The van der Waals surface area contributed by atoms with E-state index in [4.69, 9.17) is 21.1 Å². The number of para-hydroxylation sites is 1. The molecule has 1 aliphatic rings. The van der Waals surface area contributed by atoms with E-state index < -0.39 is 0 Å². The number of aromatic hydroxyl groups is 1. The van der Waals surface area contributed by atoms with Crippen LogP contribution in [-0.2, 0) is 13.1 Å². The molecule has 2 aromatic carbocycles. The van der Waals surface area contributed by atoms with Gasteiger partial charge in [0.05, 0.1) is 18.7 Å². The first-order valence-corrected chi connectivity index (χ1v) is 10.8. The molecule has 30 heavy (non-hydrogen) atoms. The van der Waals surface area contributed by atoms with Crippen molar-refractivity contribution in [1.29, 1.82) is 0 Å². The van der Waals surface area contributed by atoms with Crippen molar-refractivity contribution < 1.29 is 19.7 Å². The maximum Gasteiger partial charge on any atom is 0.176 e. The molecule has 1 heterocycles. The van der Waals surface area contributed by atoms with Crippen molar-refractivity contribution in [3.63, 3.8) is 0 Å². The van der Waals surface area contributed by atoms with Crippen LogP contribution in [0, 0.1) is 0 Å². The summed E-state index contributed by atoms with van der Waals surface area (Å²) in [5.74, 6) is 1.28. The third-order valence-corrected chi connectivity index (χ3v) is 5.80. The fourth-order valence-corrected chi connectivity index (χ4v) is 4.25. The van der Waals surface area contributed by atoms with Gasteiger partial charge in [-0.05, 0) is 37.1 Å². The summed E-state index contributed by atoms with van der Waals surface area (Å²) in [7, 11) is 1.52. The minimum atomic E-state index is -0.0288. The highest BCUT2D eigenvalue weighted by molar-refractivity contribution is 6.32. The molecule has 1 unspecified atom stereocenters. The number of hydrogen-bond acceptors (Lipinski definition) is 6. The first-order chi connectivity index (χ1) is 14.5. The minimum absolute atomic E-state index is 0.0288. The van der Waals surface area contributed by atoms with Crippen LogP contribution in [0.4, 0.5) is 0 Å². The second-order valence-electron chi connectivity index (χ2n) is 7.54. The second-order valence-corrected chi connectivity index (χ2v) is 7.95. The molecule has 0 spiro atoms. The number of benzene rings is 2. The van der Waals surface area contributed by atoms with E-state index in [-0.39, 0.29) is 18.4 Å². The molecule has 0 aromatic heterocycles. The van der Waals surface area contributed by atoms with Gasteiger partial charge in [0, 0.05) is 50.9 Å². The zero-order chi connectivity index (χ0) is 21.5. The zero-order valence-electron chi connectivity index (χ0n) is 17.7. The molecule has 164 valence electrons. The monoisotopic (exact) mass is 434 g/mol. The Hall–Kier alpha value is -1.99. The fourth-order valence-electron chi connectivity index (χ4n) is 4.01. The van der Waals surface area contributed by atoms with E-state index in [9.17, 15) is 10.2 Å². The largest absolute Gasteiger partial charge is 0.503 e. The predicted molar refractivity (Wildman–Crippen MR) is 118 cm³/mol. The van der Waals surface area contributed by atoms with Crippen molar-refractivity contribution in [1.82, 2.24) is 9.80 Å². The summed E-state index contributed by atoms with van der Waals surface area (Å²) in [4.78, 5) is 4.78. The standard InChI is InChI=1S/C23H31ClN2O4/c1-3-30-21-7-5-4-6-18(21)15-26-10-9-25(16-19(26)8-11-27)14-17-12-20(24)23(28)22(13-17)29-2/h4-7,12-13,19,27-28H,3,8-11,14-16H2,1-2H3. The molecule has 1 atom stereocenters. The molecule has 1 fully saturated rings. The third kappa shape index (κ3) is 5.58. The molecule has 2 N–H and O–H groups in total. The van der Waals surface area contributed by atoms with Crippen LogP contribution in [0.2, 0.25) is 5.02 Å². The van der Waals surface area contributed by atoms with Crippen molar-refractivity contribution in [2.24, 2.45) is 0 Å². The molecule has 0 bridgehead atoms. The van der Waals surface area contributed by atoms with Gasteiger partial charge in [-0.3, -0.25) is 9.80 Å². The number of hydrogen-bond donors (Lipinski definition) is 2. The van der Waals surface area contributed by atoms with Crippen molar-refractivity contribution in [3.8, 4) is 17.2 Å². The summed E-state index contributed by atoms with van der Waals surface area (Å²) in [6.07, 6.45) is 0.715. The maximum absolute atomic E-state index is 9.96. The van der Waals surface area contributed by atoms with Crippen LogP contribution >= 0.6 is 11.6 Å². The Morgan fingerprint density at radius 3 is 2.67 bits per heavy atom. The van der Waals surface area contributed by atoms with Crippen LogP contribution < -0.4 is 9.47 Å². The summed E-state index contributed by atoms with van der Waals surface area (Å²) in [6, 6.07) is 12.0. The van der Waals surface area contributed by atoms with Gasteiger partial charge in [-0.1, -0.05) is 29.8 Å². The number of aliphatic hydroxyl groups is 1. The molecule has 1 saturated heterocycles. The zero-order valence-corrected chi connectivity index (χ0v) is 18.4. The van der Waals surface area contributed by atoms with E-state index in [1.165, 1.54) is 12.7 Å². The normalized spacial score (nSPS) is 17.8. The number of ether oxygens (including phenoxy) is 2. The number of phenols is 1. The summed E-state index contributed by atoms with van der Waals surface area (Å²) < 4.78 is 11.0. The molecule has 6 nitrogen and oxygen atoms in total.